The van der Waals surface area contributed by atoms with E-state index in [0.717, 1.165) is 0 Å². The summed E-state index contributed by atoms with van der Waals surface area (Å²) < 4.78 is 65.7. The van der Waals surface area contributed by atoms with Gasteiger partial charge in [-0.3, -0.25) is 9.59 Å². The van der Waals surface area contributed by atoms with Crippen LogP contribution in [0, 0.1) is 17.7 Å². The molecule has 0 heterocycles. The summed E-state index contributed by atoms with van der Waals surface area (Å²) in [5.74, 6) is -6.27. The van der Waals surface area contributed by atoms with Crippen LogP contribution in [0.25, 0.3) is 0 Å². The van der Waals surface area contributed by atoms with Gasteiger partial charge in [0, 0.05) is 23.4 Å². The lowest BCUT2D eigenvalue weighted by Gasteiger charge is -2.23. The molecule has 0 aliphatic rings. The van der Waals surface area contributed by atoms with E-state index in [4.69, 9.17) is 15.7 Å². The van der Waals surface area contributed by atoms with E-state index in [1.165, 1.54) is 13.8 Å². The molecule has 0 spiro atoms. The second kappa shape index (κ2) is 9.06. The fourth-order valence-corrected chi connectivity index (χ4v) is 1.73. The molecule has 4 heteroatoms. The Hall–Kier alpha value is -1.06. The first-order valence-electron chi connectivity index (χ1n) is 11.1. The van der Waals surface area contributed by atoms with E-state index in [2.05, 4.69) is 5.32 Å². The van der Waals surface area contributed by atoms with Crippen LogP contribution >= 0.6 is 0 Å². The van der Waals surface area contributed by atoms with Crippen molar-refractivity contribution in [3.05, 3.63) is 0 Å². The van der Waals surface area contributed by atoms with Crippen LogP contribution in [0.1, 0.15) is 78.6 Å². The highest BCUT2D eigenvalue weighted by Crippen LogP contribution is 2.19. The SMILES string of the molecule is [2H]C([2H])([2H])C([2H])(C)CCNC(=O)[C@@H](CC(=O)OC(C)(C)C)CC([2H])(C)C([2H])([2H])[2H]. The number of amides is 1. The molecule has 21 heavy (non-hydrogen) atoms. The molecule has 1 amide bonds. The van der Waals surface area contributed by atoms with Gasteiger partial charge >= 0.3 is 5.97 Å². The molecule has 4 nitrogen and oxygen atoms in total. The standard InChI is InChI=1S/C17H33NO3/c1-12(2)8-9-18-16(20)14(10-13(3)4)11-15(19)21-17(5,6)7/h12-14H,8-11H2,1-7H3,(H,18,20)/t14-/m1/s1/i1D3,3D3,12D,13D/t12?,13?,14-. The number of esters is 1. The Morgan fingerprint density at radius 1 is 1.24 bits per heavy atom. The molecule has 0 rings (SSSR count). The third-order valence-electron chi connectivity index (χ3n) is 2.56. The molecule has 3 atom stereocenters. The van der Waals surface area contributed by atoms with E-state index in [1.54, 1.807) is 20.8 Å². The van der Waals surface area contributed by atoms with Crippen LogP contribution in [0.5, 0.6) is 0 Å². The average molecular weight is 308 g/mol. The summed E-state index contributed by atoms with van der Waals surface area (Å²) in [5.41, 5.74) is -0.793. The zero-order valence-electron chi connectivity index (χ0n) is 21.6. The Kier molecular flexibility index (Phi) is 4.25. The number of carbonyl (C=O) groups is 2. The largest absolute Gasteiger partial charge is 0.460 e. The second-order valence-electron chi connectivity index (χ2n) is 6.29. The van der Waals surface area contributed by atoms with E-state index >= 15 is 0 Å². The fourth-order valence-electron chi connectivity index (χ4n) is 1.73. The maximum absolute atomic E-state index is 12.6. The third kappa shape index (κ3) is 11.3. The molecular weight excluding hydrogens is 266 g/mol. The van der Waals surface area contributed by atoms with Crippen LogP contribution in [0.15, 0.2) is 0 Å². The van der Waals surface area contributed by atoms with Crippen molar-refractivity contribution in [1.82, 2.24) is 5.32 Å². The minimum atomic E-state index is -2.67. The van der Waals surface area contributed by atoms with Crippen molar-refractivity contribution < 1.29 is 25.3 Å². The van der Waals surface area contributed by atoms with Crippen molar-refractivity contribution in [3.8, 4) is 0 Å². The Morgan fingerprint density at radius 2 is 1.86 bits per heavy atom. The van der Waals surface area contributed by atoms with Gasteiger partial charge < -0.3 is 10.1 Å². The van der Waals surface area contributed by atoms with E-state index in [9.17, 15) is 9.59 Å². The molecule has 124 valence electrons. The van der Waals surface area contributed by atoms with Crippen LogP contribution in [0.2, 0.25) is 0 Å². The van der Waals surface area contributed by atoms with Gasteiger partial charge in [0.15, 0.2) is 0 Å². The quantitative estimate of drug-likeness (QED) is 0.698. The summed E-state index contributed by atoms with van der Waals surface area (Å²) in [5, 5.41) is 2.47. The summed E-state index contributed by atoms with van der Waals surface area (Å²) >= 11 is 0. The zero-order valence-corrected chi connectivity index (χ0v) is 13.6. The fraction of sp³-hybridized carbons (Fsp3) is 0.882. The average Bonchev–Trinajstić information content (AvgIpc) is 2.41. The van der Waals surface area contributed by atoms with Crippen LogP contribution in [-0.2, 0) is 14.3 Å². The van der Waals surface area contributed by atoms with Crippen molar-refractivity contribution in [3.63, 3.8) is 0 Å². The van der Waals surface area contributed by atoms with Gasteiger partial charge in [0.25, 0.3) is 0 Å². The summed E-state index contributed by atoms with van der Waals surface area (Å²) in [4.78, 5) is 24.8. The molecule has 0 fully saturated rings. The summed E-state index contributed by atoms with van der Waals surface area (Å²) in [6.45, 7) is 2.03. The van der Waals surface area contributed by atoms with Gasteiger partial charge in [-0.25, -0.2) is 0 Å². The molecule has 1 N–H and O–H groups in total. The topological polar surface area (TPSA) is 55.4 Å². The minimum Gasteiger partial charge on any atom is -0.460 e. The predicted molar refractivity (Wildman–Crippen MR) is 85.9 cm³/mol. The Balaban J connectivity index is 5.27. The predicted octanol–water partition coefficient (Wildman–Crippen LogP) is 3.54. The van der Waals surface area contributed by atoms with Crippen LogP contribution in [0.4, 0.5) is 0 Å². The van der Waals surface area contributed by atoms with Crippen LogP contribution in [0.3, 0.4) is 0 Å². The lowest BCUT2D eigenvalue weighted by molar-refractivity contribution is -0.157. The third-order valence-corrected chi connectivity index (χ3v) is 2.56. The van der Waals surface area contributed by atoms with Gasteiger partial charge in [0.2, 0.25) is 5.91 Å². The van der Waals surface area contributed by atoms with Crippen molar-refractivity contribution in [2.75, 3.05) is 6.54 Å². The maximum Gasteiger partial charge on any atom is 0.307 e. The van der Waals surface area contributed by atoms with Crippen molar-refractivity contribution >= 4 is 11.9 Å². The van der Waals surface area contributed by atoms with Crippen molar-refractivity contribution in [2.45, 2.75) is 73.2 Å². The number of hydrogen-bond acceptors (Lipinski definition) is 3. The number of rotatable bonds is 8. The Morgan fingerprint density at radius 3 is 2.38 bits per heavy atom. The second-order valence-corrected chi connectivity index (χ2v) is 6.29. The van der Waals surface area contributed by atoms with E-state index in [0.29, 0.717) is 0 Å². The summed E-state index contributed by atoms with van der Waals surface area (Å²) in [6, 6.07) is 0. The lowest BCUT2D eigenvalue weighted by atomic mass is 9.93. The lowest BCUT2D eigenvalue weighted by Crippen LogP contribution is -2.35. The molecule has 0 aromatic rings. The molecule has 0 saturated carbocycles. The molecule has 2 unspecified atom stereocenters. The number of hydrogen-bond donors (Lipinski definition) is 1. The number of ether oxygens (including phenoxy) is 1. The Labute approximate surface area is 141 Å². The highest BCUT2D eigenvalue weighted by atomic mass is 16.6. The van der Waals surface area contributed by atoms with Gasteiger partial charge in [0.05, 0.1) is 6.42 Å². The van der Waals surface area contributed by atoms with Gasteiger partial charge in [-0.15, -0.1) is 0 Å². The van der Waals surface area contributed by atoms with E-state index in [1.807, 2.05) is 0 Å². The van der Waals surface area contributed by atoms with Gasteiger partial charge in [-0.2, -0.15) is 0 Å². The normalized spacial score (nSPS) is 25.8. The molecule has 0 radical (unpaired) electrons. The van der Waals surface area contributed by atoms with Gasteiger partial charge in [-0.05, 0) is 45.4 Å². The first-order valence-corrected chi connectivity index (χ1v) is 7.09. The zero-order chi connectivity index (χ0) is 23.5. The molecule has 0 aromatic heterocycles. The molecule has 0 aliphatic carbocycles. The highest BCUT2D eigenvalue weighted by Gasteiger charge is 2.26. The van der Waals surface area contributed by atoms with E-state index in [-0.39, 0.29) is 13.0 Å². The van der Waals surface area contributed by atoms with E-state index < -0.39 is 61.7 Å². The molecule has 0 bridgehead atoms. The van der Waals surface area contributed by atoms with Gasteiger partial charge in [-0.1, -0.05) is 27.6 Å². The highest BCUT2D eigenvalue weighted by molar-refractivity contribution is 5.83. The molecule has 0 aromatic carbocycles. The maximum atomic E-state index is 12.6. The van der Waals surface area contributed by atoms with Crippen molar-refractivity contribution in [2.24, 2.45) is 17.7 Å². The smallest absolute Gasteiger partial charge is 0.307 e. The Bertz CT molecular complexity index is 577. The monoisotopic (exact) mass is 307 g/mol. The molecule has 0 saturated heterocycles. The first-order chi connectivity index (χ1) is 12.6. The van der Waals surface area contributed by atoms with Crippen LogP contribution < -0.4 is 5.32 Å². The molecule has 0 aliphatic heterocycles. The van der Waals surface area contributed by atoms with Gasteiger partial charge in [0.1, 0.15) is 5.60 Å². The minimum absolute atomic E-state index is 0.134. The number of nitrogens with one attached hydrogen (secondary N) is 1. The summed E-state index contributed by atoms with van der Waals surface area (Å²) in [7, 11) is 0. The number of carbonyl (C=O) groups excluding carboxylic acids is 2. The van der Waals surface area contributed by atoms with Crippen LogP contribution in [-0.4, -0.2) is 24.0 Å². The summed E-state index contributed by atoms with van der Waals surface area (Å²) in [6.07, 6.45) is -0.983. The molecular formula is C17H33NO3. The van der Waals surface area contributed by atoms with Crippen molar-refractivity contribution in [1.29, 1.82) is 0 Å². The first kappa shape index (κ1) is 9.86.